The highest BCUT2D eigenvalue weighted by Crippen LogP contribution is 2.46. The summed E-state index contributed by atoms with van der Waals surface area (Å²) in [7, 11) is -5.54. The van der Waals surface area contributed by atoms with Crippen LogP contribution in [0.15, 0.2) is 17.0 Å². The van der Waals surface area contributed by atoms with E-state index in [2.05, 4.69) is 39.7 Å². The van der Waals surface area contributed by atoms with Crippen molar-refractivity contribution in [1.82, 2.24) is 34.2 Å². The molecule has 1 saturated heterocycles. The average molecular weight is 795 g/mol. The fourth-order valence-corrected chi connectivity index (χ4v) is 10.5. The molecule has 12 nitrogen and oxygen atoms in total. The van der Waals surface area contributed by atoms with Crippen molar-refractivity contribution in [3.8, 4) is 10.7 Å². The van der Waals surface area contributed by atoms with E-state index in [-0.39, 0.29) is 34.2 Å². The molecule has 0 unspecified atom stereocenters. The maximum Gasteiger partial charge on any atom is 0.291 e. The number of carbonyl (C=O) groups excluding carboxylic acids is 1. The van der Waals surface area contributed by atoms with E-state index in [1.165, 1.54) is 4.31 Å². The number of amides is 1. The molecular weight excluding hydrogens is 747 g/mol. The topological polar surface area (TPSA) is 127 Å². The van der Waals surface area contributed by atoms with Gasteiger partial charge < -0.3 is 14.5 Å². The Labute approximate surface area is 313 Å². The van der Waals surface area contributed by atoms with Crippen LogP contribution in [-0.4, -0.2) is 102 Å². The fourth-order valence-electron chi connectivity index (χ4n) is 6.34. The predicted octanol–water partition coefficient (Wildman–Crippen LogP) is 6.77. The maximum absolute atomic E-state index is 14.8. The smallest absolute Gasteiger partial charge is 0.291 e. The van der Waals surface area contributed by atoms with Gasteiger partial charge in [0.05, 0.1) is 33.3 Å². The number of hydrogen-bond donors (Lipinski definition) is 0. The second-order valence-corrected chi connectivity index (χ2v) is 25.3. The van der Waals surface area contributed by atoms with Crippen molar-refractivity contribution >= 4 is 63.3 Å². The molecule has 284 valence electrons. The van der Waals surface area contributed by atoms with Gasteiger partial charge >= 0.3 is 0 Å². The molecule has 0 bridgehead atoms. The highest BCUT2D eigenvalue weighted by Gasteiger charge is 2.50. The molecule has 1 saturated carbocycles. The van der Waals surface area contributed by atoms with Crippen LogP contribution in [0.25, 0.3) is 21.6 Å². The Morgan fingerprint density at radius 3 is 2.33 bits per heavy atom. The number of nitrogens with zero attached hydrogens (tertiary/aromatic N) is 8. The van der Waals surface area contributed by atoms with E-state index in [0.717, 1.165) is 33.0 Å². The average Bonchev–Trinajstić information content (AvgIpc) is 3.37. The Kier molecular flexibility index (Phi) is 11.0. The van der Waals surface area contributed by atoms with E-state index in [1.807, 2.05) is 39.5 Å². The number of ether oxygens (including phenoxy) is 1. The van der Waals surface area contributed by atoms with Crippen LogP contribution in [0.4, 0.5) is 14.5 Å². The van der Waals surface area contributed by atoms with Gasteiger partial charge in [0.2, 0.25) is 15.9 Å². The summed E-state index contributed by atoms with van der Waals surface area (Å²) in [6.07, 6.45) is -1.39. The van der Waals surface area contributed by atoms with Crippen molar-refractivity contribution in [3.63, 3.8) is 0 Å². The molecule has 1 aromatic carbocycles. The molecule has 1 aliphatic carbocycles. The molecule has 6 rings (SSSR count). The van der Waals surface area contributed by atoms with E-state index in [9.17, 15) is 22.0 Å². The number of rotatable bonds is 14. The van der Waals surface area contributed by atoms with Gasteiger partial charge in [-0.1, -0.05) is 44.8 Å². The van der Waals surface area contributed by atoms with Gasteiger partial charge in [0.15, 0.2) is 10.0 Å². The van der Waals surface area contributed by atoms with Gasteiger partial charge in [0, 0.05) is 62.6 Å². The molecule has 0 radical (unpaired) electrons. The first kappa shape index (κ1) is 38.8. The van der Waals surface area contributed by atoms with Crippen molar-refractivity contribution in [1.29, 1.82) is 0 Å². The molecule has 2 fully saturated rings. The third-order valence-electron chi connectivity index (χ3n) is 9.71. The molecule has 2 aliphatic rings. The molecule has 3 aromatic heterocycles. The second-order valence-electron chi connectivity index (χ2n) is 15.5. The minimum absolute atomic E-state index is 0.0572. The quantitative estimate of drug-likeness (QED) is 0.0772. The van der Waals surface area contributed by atoms with Crippen molar-refractivity contribution < 1.29 is 26.7 Å². The Morgan fingerprint density at radius 2 is 1.77 bits per heavy atom. The van der Waals surface area contributed by atoms with Gasteiger partial charge in [-0.25, -0.2) is 22.2 Å². The summed E-state index contributed by atoms with van der Waals surface area (Å²) < 4.78 is 66.5. The van der Waals surface area contributed by atoms with Crippen LogP contribution in [0.3, 0.4) is 0 Å². The molecule has 0 N–H and O–H groups in total. The number of anilines is 1. The Morgan fingerprint density at radius 1 is 1.08 bits per heavy atom. The van der Waals surface area contributed by atoms with Crippen LogP contribution in [-0.2, 0) is 26.1 Å². The molecule has 1 aliphatic heterocycles. The first-order valence-electron chi connectivity index (χ1n) is 17.6. The Hall–Kier alpha value is -2.90. The van der Waals surface area contributed by atoms with Gasteiger partial charge in [0.25, 0.3) is 6.43 Å². The third-order valence-corrected chi connectivity index (χ3v) is 15.4. The Bertz CT molecular complexity index is 2050. The number of piperazine rings is 1. The van der Waals surface area contributed by atoms with Crippen molar-refractivity contribution in [2.45, 2.75) is 96.6 Å². The van der Waals surface area contributed by atoms with Crippen molar-refractivity contribution in [2.75, 3.05) is 44.4 Å². The van der Waals surface area contributed by atoms with Crippen LogP contribution in [0, 0.1) is 19.8 Å². The number of fused-ring (bicyclic) bond motifs is 1. The molecule has 52 heavy (non-hydrogen) atoms. The van der Waals surface area contributed by atoms with Gasteiger partial charge in [-0.15, -0.1) is 21.5 Å². The highest BCUT2D eigenvalue weighted by atomic mass is 32.2. The van der Waals surface area contributed by atoms with Crippen LogP contribution < -0.4 is 4.90 Å². The summed E-state index contributed by atoms with van der Waals surface area (Å²) in [6, 6.07) is 4.21. The summed E-state index contributed by atoms with van der Waals surface area (Å²) in [5, 5.41) is 13.9. The molecular formula is C34H48F2N8O4S3Si. The van der Waals surface area contributed by atoms with E-state index in [0.29, 0.717) is 68.8 Å². The van der Waals surface area contributed by atoms with Crippen LogP contribution in [0.5, 0.6) is 0 Å². The number of halogens is 2. The van der Waals surface area contributed by atoms with Gasteiger partial charge in [-0.2, -0.15) is 9.40 Å². The lowest BCUT2D eigenvalue weighted by Gasteiger charge is -2.37. The first-order valence-corrected chi connectivity index (χ1v) is 24.4. The lowest BCUT2D eigenvalue weighted by atomic mass is 10.1. The number of thiazole rings is 1. The summed E-state index contributed by atoms with van der Waals surface area (Å²) in [4.78, 5) is 22.5. The van der Waals surface area contributed by atoms with Crippen molar-refractivity contribution in [2.24, 2.45) is 5.92 Å². The summed E-state index contributed by atoms with van der Waals surface area (Å²) in [5.74, 6) is -0.0763. The zero-order chi connectivity index (χ0) is 37.7. The van der Waals surface area contributed by atoms with Crippen LogP contribution in [0.2, 0.25) is 25.7 Å². The molecule has 0 spiro atoms. The number of benzene rings is 1. The molecule has 4 aromatic rings. The second kappa shape index (κ2) is 14.7. The Balaban J connectivity index is 1.51. The van der Waals surface area contributed by atoms with Crippen LogP contribution >= 0.6 is 22.7 Å². The molecule has 0 atom stereocenters. The van der Waals surface area contributed by atoms with Crippen molar-refractivity contribution in [3.05, 3.63) is 32.7 Å². The zero-order valence-electron chi connectivity index (χ0n) is 31.1. The minimum Gasteiger partial charge on any atom is -0.366 e. The normalized spacial score (nSPS) is 16.6. The first-order chi connectivity index (χ1) is 24.4. The third kappa shape index (κ3) is 8.11. The number of aryl methyl sites for hydroxylation is 2. The van der Waals surface area contributed by atoms with Gasteiger partial charge in [0.1, 0.15) is 12.4 Å². The number of alkyl halides is 2. The zero-order valence-corrected chi connectivity index (χ0v) is 34.5. The monoisotopic (exact) mass is 794 g/mol. The molecule has 4 heterocycles. The van der Waals surface area contributed by atoms with Gasteiger partial charge in [-0.3, -0.25) is 9.48 Å². The highest BCUT2D eigenvalue weighted by molar-refractivity contribution is 7.89. The molecule has 1 amide bonds. The fraction of sp³-hybridized carbons (Fsp3) is 0.618. The number of carbonyl (C=O) groups is 1. The minimum atomic E-state index is -4.13. The lowest BCUT2D eigenvalue weighted by molar-refractivity contribution is -0.134. The SMILES string of the molecule is Cc1nc(C)c(Cn2nc(-c3nnc(C(F)F)s3)c3cc(S(=O)(=O)N(COCC[Si](C)(C)C)C4(C)CC4)cc(N4CCN(C(=O)C(C)C)CC4)c32)s1. The summed E-state index contributed by atoms with van der Waals surface area (Å²) in [5.41, 5.74) is 1.82. The van der Waals surface area contributed by atoms with E-state index >= 15 is 0 Å². The summed E-state index contributed by atoms with van der Waals surface area (Å²) in [6.45, 7) is 18.9. The lowest BCUT2D eigenvalue weighted by Crippen LogP contribution is -2.50. The standard InChI is InChI=1S/C34H48F2N8O4S3Si/c1-21(2)33(45)42-13-11-41(12-14-42)26-18-24(51(46,47)44(34(5)9-10-34)20-48-15-16-52(6,7)8)17-25-28(31-38-39-32(50-31)30(35)36)40-43(29(25)26)19-27-22(3)37-23(4)49-27/h17-18,21,30H,9-16,19-20H2,1-8H3. The summed E-state index contributed by atoms with van der Waals surface area (Å²) >= 11 is 2.28. The largest absolute Gasteiger partial charge is 0.366 e. The van der Waals surface area contributed by atoms with Crippen LogP contribution in [0.1, 0.15) is 60.6 Å². The van der Waals surface area contributed by atoms with E-state index < -0.39 is 35.1 Å². The number of sulfonamides is 1. The number of hydrogen-bond acceptors (Lipinski definition) is 11. The predicted molar refractivity (Wildman–Crippen MR) is 204 cm³/mol. The van der Waals surface area contributed by atoms with E-state index in [1.54, 1.807) is 28.2 Å². The molecule has 18 heteroatoms. The maximum atomic E-state index is 14.8. The van der Waals surface area contributed by atoms with E-state index in [4.69, 9.17) is 9.84 Å². The number of aromatic nitrogens is 5. The van der Waals surface area contributed by atoms with Gasteiger partial charge in [-0.05, 0) is 51.8 Å².